The van der Waals surface area contributed by atoms with E-state index in [-0.39, 0.29) is 5.92 Å². The standard InChI is InChI=1S/C32H37N3O4/c1-8-35(30(37)27(19-21(2)3)34-31(38)39-32(5,6)7)28(26-16-12-9-13-22(26)4)29(36)33-25-18-17-23-14-10-11-15-24(23)20-25/h1,9-18,20-21,27-28H,19H2,2-7H3,(H,33,36)(H,34,38). The lowest BCUT2D eigenvalue weighted by atomic mass is 9.97. The molecule has 0 radical (unpaired) electrons. The second-order valence-electron chi connectivity index (χ2n) is 11.0. The van der Waals surface area contributed by atoms with Crippen LogP contribution in [-0.2, 0) is 14.3 Å². The van der Waals surface area contributed by atoms with E-state index in [1.54, 1.807) is 32.9 Å². The molecule has 0 aromatic heterocycles. The van der Waals surface area contributed by atoms with Gasteiger partial charge in [0.15, 0.2) is 0 Å². The number of aryl methyl sites for hydroxylation is 1. The number of carbonyl (C=O) groups excluding carboxylic acids is 3. The predicted octanol–water partition coefficient (Wildman–Crippen LogP) is 6.19. The Bertz CT molecular complexity index is 1380. The molecule has 0 aliphatic heterocycles. The van der Waals surface area contributed by atoms with Gasteiger partial charge in [-0.2, -0.15) is 0 Å². The van der Waals surface area contributed by atoms with Crippen molar-refractivity contribution in [2.75, 3.05) is 5.32 Å². The molecule has 0 saturated carbocycles. The molecule has 7 heteroatoms. The molecule has 39 heavy (non-hydrogen) atoms. The van der Waals surface area contributed by atoms with E-state index in [4.69, 9.17) is 11.2 Å². The summed E-state index contributed by atoms with van der Waals surface area (Å²) in [6.07, 6.45) is 5.48. The van der Waals surface area contributed by atoms with Gasteiger partial charge in [-0.1, -0.05) is 74.9 Å². The van der Waals surface area contributed by atoms with Gasteiger partial charge in [-0.05, 0) is 74.1 Å². The van der Waals surface area contributed by atoms with Gasteiger partial charge in [-0.25, -0.2) is 4.79 Å². The number of ether oxygens (including phenoxy) is 1. The van der Waals surface area contributed by atoms with Gasteiger partial charge in [0.25, 0.3) is 11.8 Å². The Labute approximate surface area is 230 Å². The highest BCUT2D eigenvalue weighted by molar-refractivity contribution is 6.01. The summed E-state index contributed by atoms with van der Waals surface area (Å²) in [6.45, 7) is 10.9. The molecule has 0 spiro atoms. The topological polar surface area (TPSA) is 87.7 Å². The van der Waals surface area contributed by atoms with Gasteiger partial charge in [0.05, 0.1) is 0 Å². The molecule has 2 unspecified atom stereocenters. The Morgan fingerprint density at radius 2 is 1.62 bits per heavy atom. The monoisotopic (exact) mass is 527 g/mol. The lowest BCUT2D eigenvalue weighted by Crippen LogP contribution is -2.51. The molecule has 0 fully saturated rings. The highest BCUT2D eigenvalue weighted by Crippen LogP contribution is 2.28. The van der Waals surface area contributed by atoms with Crippen molar-refractivity contribution in [2.24, 2.45) is 5.92 Å². The van der Waals surface area contributed by atoms with Crippen LogP contribution in [0.25, 0.3) is 10.8 Å². The van der Waals surface area contributed by atoms with E-state index in [9.17, 15) is 14.4 Å². The quantitative estimate of drug-likeness (QED) is 0.270. The van der Waals surface area contributed by atoms with Gasteiger partial charge in [-0.3, -0.25) is 14.5 Å². The summed E-state index contributed by atoms with van der Waals surface area (Å²) in [5.74, 6) is -0.984. The number of carbonyl (C=O) groups is 3. The second kappa shape index (κ2) is 12.5. The average Bonchev–Trinajstić information content (AvgIpc) is 2.85. The molecule has 204 valence electrons. The first kappa shape index (κ1) is 29.2. The van der Waals surface area contributed by atoms with E-state index in [1.807, 2.05) is 75.4 Å². The first-order chi connectivity index (χ1) is 18.4. The number of nitrogens with zero attached hydrogens (tertiary/aromatic N) is 1. The maximum absolute atomic E-state index is 13.9. The molecule has 2 atom stereocenters. The number of hydrogen-bond donors (Lipinski definition) is 2. The molecular formula is C32H37N3O4. The van der Waals surface area contributed by atoms with Crippen molar-refractivity contribution >= 4 is 34.4 Å². The highest BCUT2D eigenvalue weighted by Gasteiger charge is 2.36. The highest BCUT2D eigenvalue weighted by atomic mass is 16.6. The first-order valence-corrected chi connectivity index (χ1v) is 13.0. The van der Waals surface area contributed by atoms with E-state index in [2.05, 4.69) is 16.7 Å². The average molecular weight is 528 g/mol. The fraction of sp³-hybridized carbons (Fsp3) is 0.344. The SMILES string of the molecule is C#CN(C(=O)C(CC(C)C)NC(=O)OC(C)(C)C)C(C(=O)Nc1ccc2ccccc2c1)c1ccccc1C. The summed E-state index contributed by atoms with van der Waals surface area (Å²) in [5.41, 5.74) is 1.21. The van der Waals surface area contributed by atoms with Crippen LogP contribution in [0.2, 0.25) is 0 Å². The third-order valence-electron chi connectivity index (χ3n) is 6.08. The normalized spacial score (nSPS) is 12.8. The molecule has 7 nitrogen and oxygen atoms in total. The number of alkyl carbamates (subject to hydrolysis) is 1. The van der Waals surface area contributed by atoms with Crippen LogP contribution in [0.4, 0.5) is 10.5 Å². The molecule has 0 saturated heterocycles. The second-order valence-corrected chi connectivity index (χ2v) is 11.0. The van der Waals surface area contributed by atoms with E-state index >= 15 is 0 Å². The molecule has 3 aromatic carbocycles. The minimum atomic E-state index is -1.13. The summed E-state index contributed by atoms with van der Waals surface area (Å²) < 4.78 is 5.39. The van der Waals surface area contributed by atoms with Crippen molar-refractivity contribution in [3.8, 4) is 12.5 Å². The fourth-order valence-electron chi connectivity index (χ4n) is 4.34. The largest absolute Gasteiger partial charge is 0.444 e. The van der Waals surface area contributed by atoms with Crippen molar-refractivity contribution in [3.63, 3.8) is 0 Å². The minimum Gasteiger partial charge on any atom is -0.444 e. The number of anilines is 1. The van der Waals surface area contributed by atoms with Crippen LogP contribution in [0.1, 0.15) is 58.2 Å². The number of nitrogens with one attached hydrogen (secondary N) is 2. The van der Waals surface area contributed by atoms with E-state index in [1.165, 1.54) is 0 Å². The summed E-state index contributed by atoms with van der Waals surface area (Å²) >= 11 is 0. The van der Waals surface area contributed by atoms with E-state index in [0.29, 0.717) is 17.7 Å². The third-order valence-corrected chi connectivity index (χ3v) is 6.08. The number of fused-ring (bicyclic) bond motifs is 1. The summed E-state index contributed by atoms with van der Waals surface area (Å²) in [6, 6.07) is 21.0. The molecule has 3 aromatic rings. The first-order valence-electron chi connectivity index (χ1n) is 13.0. The van der Waals surface area contributed by atoms with Gasteiger partial charge in [0.1, 0.15) is 17.7 Å². The Morgan fingerprint density at radius 3 is 2.23 bits per heavy atom. The van der Waals surface area contributed by atoms with Crippen molar-refractivity contribution < 1.29 is 19.1 Å². The maximum Gasteiger partial charge on any atom is 0.408 e. The molecule has 3 amide bonds. The van der Waals surface area contributed by atoms with Gasteiger partial charge in [0.2, 0.25) is 0 Å². The van der Waals surface area contributed by atoms with Gasteiger partial charge in [-0.15, -0.1) is 0 Å². The third kappa shape index (κ3) is 7.84. The molecule has 0 bridgehead atoms. The van der Waals surface area contributed by atoms with Crippen LogP contribution in [0.3, 0.4) is 0 Å². The van der Waals surface area contributed by atoms with Crippen molar-refractivity contribution in [3.05, 3.63) is 77.9 Å². The molecule has 0 aliphatic rings. The Balaban J connectivity index is 1.98. The zero-order valence-electron chi connectivity index (χ0n) is 23.4. The van der Waals surface area contributed by atoms with E-state index in [0.717, 1.165) is 21.2 Å². The van der Waals surface area contributed by atoms with Crippen LogP contribution < -0.4 is 10.6 Å². The number of rotatable bonds is 8. The number of terminal acetylenes is 1. The predicted molar refractivity (Wildman–Crippen MR) is 155 cm³/mol. The molecule has 2 N–H and O–H groups in total. The Kier molecular flexibility index (Phi) is 9.37. The van der Waals surface area contributed by atoms with Gasteiger partial charge in [0, 0.05) is 11.7 Å². The summed E-state index contributed by atoms with van der Waals surface area (Å²) in [4.78, 5) is 41.4. The van der Waals surface area contributed by atoms with Crippen LogP contribution in [0.15, 0.2) is 66.7 Å². The zero-order valence-corrected chi connectivity index (χ0v) is 23.4. The Morgan fingerprint density at radius 1 is 0.974 bits per heavy atom. The number of hydrogen-bond acceptors (Lipinski definition) is 4. The lowest BCUT2D eigenvalue weighted by Gasteiger charge is -2.31. The van der Waals surface area contributed by atoms with Crippen LogP contribution >= 0.6 is 0 Å². The van der Waals surface area contributed by atoms with Crippen molar-refractivity contribution in [2.45, 2.75) is 65.6 Å². The summed E-state index contributed by atoms with van der Waals surface area (Å²) in [7, 11) is 0. The lowest BCUT2D eigenvalue weighted by molar-refractivity contribution is -0.137. The molecule has 0 aliphatic carbocycles. The summed E-state index contributed by atoms with van der Waals surface area (Å²) in [5, 5.41) is 7.61. The molecule has 0 heterocycles. The van der Waals surface area contributed by atoms with Gasteiger partial charge < -0.3 is 15.4 Å². The number of amides is 3. The molecule has 3 rings (SSSR count). The van der Waals surface area contributed by atoms with Gasteiger partial charge >= 0.3 is 6.09 Å². The van der Waals surface area contributed by atoms with E-state index < -0.39 is 35.6 Å². The number of benzene rings is 3. The van der Waals surface area contributed by atoms with Crippen LogP contribution in [0.5, 0.6) is 0 Å². The van der Waals surface area contributed by atoms with Crippen molar-refractivity contribution in [1.29, 1.82) is 0 Å². The maximum atomic E-state index is 13.9. The Hall–Kier alpha value is -4.31. The van der Waals surface area contributed by atoms with Crippen molar-refractivity contribution in [1.82, 2.24) is 10.2 Å². The van der Waals surface area contributed by atoms with Crippen LogP contribution in [-0.4, -0.2) is 34.5 Å². The fourth-order valence-corrected chi connectivity index (χ4v) is 4.34. The van der Waals surface area contributed by atoms with Crippen LogP contribution in [0, 0.1) is 25.3 Å². The smallest absolute Gasteiger partial charge is 0.408 e. The molecular weight excluding hydrogens is 490 g/mol. The minimum absolute atomic E-state index is 0.0526. The zero-order chi connectivity index (χ0) is 28.7.